The first-order valence-corrected chi connectivity index (χ1v) is 5.06. The zero-order valence-electron chi connectivity index (χ0n) is 8.74. The number of aryl methyl sites for hydroxylation is 1. The third kappa shape index (κ3) is 1.98. The van der Waals surface area contributed by atoms with Crippen molar-refractivity contribution in [2.75, 3.05) is 0 Å². The van der Waals surface area contributed by atoms with Gasteiger partial charge in [-0.25, -0.2) is 9.36 Å². The summed E-state index contributed by atoms with van der Waals surface area (Å²) >= 11 is 5.53. The van der Waals surface area contributed by atoms with Gasteiger partial charge in [0.1, 0.15) is 5.39 Å². The van der Waals surface area contributed by atoms with E-state index in [-0.39, 0.29) is 11.9 Å². The van der Waals surface area contributed by atoms with Crippen LogP contribution in [0, 0.1) is 0 Å². The summed E-state index contributed by atoms with van der Waals surface area (Å²) in [4.78, 5) is 22.4. The molecular weight excluding hydrogens is 250 g/mol. The lowest BCUT2D eigenvalue weighted by molar-refractivity contribution is -0.136. The van der Waals surface area contributed by atoms with Crippen LogP contribution in [0.15, 0.2) is 11.0 Å². The van der Waals surface area contributed by atoms with Crippen molar-refractivity contribution in [1.82, 2.24) is 24.8 Å². The minimum Gasteiger partial charge on any atom is -0.480 e. The molecule has 0 aliphatic rings. The second-order valence-electron chi connectivity index (χ2n) is 3.39. The number of nitrogens with zero attached hydrogens (tertiary/aromatic N) is 5. The highest BCUT2D eigenvalue weighted by atomic mass is 35.5. The van der Waals surface area contributed by atoms with Gasteiger partial charge in [0.05, 0.1) is 12.7 Å². The summed E-state index contributed by atoms with van der Waals surface area (Å²) in [6.45, 7) is -0.243. The smallest absolute Gasteiger partial charge is 0.323 e. The number of halogens is 1. The van der Waals surface area contributed by atoms with Gasteiger partial charge in [-0.1, -0.05) is 5.21 Å². The number of carboxylic acids is 1. The molecule has 9 heteroatoms. The van der Waals surface area contributed by atoms with Gasteiger partial charge in [0.15, 0.2) is 11.0 Å². The molecule has 17 heavy (non-hydrogen) atoms. The molecule has 0 amide bonds. The van der Waals surface area contributed by atoms with Crippen molar-refractivity contribution in [3.8, 4) is 0 Å². The fraction of sp³-hybridized carbons (Fsp3) is 0.375. The highest BCUT2D eigenvalue weighted by Crippen LogP contribution is 2.03. The van der Waals surface area contributed by atoms with Crippen LogP contribution < -0.4 is 5.56 Å². The third-order valence-corrected chi connectivity index (χ3v) is 2.55. The lowest BCUT2D eigenvalue weighted by Gasteiger charge is -2.05. The largest absolute Gasteiger partial charge is 0.480 e. The second-order valence-corrected chi connectivity index (χ2v) is 3.91. The molecule has 0 radical (unpaired) electrons. The maximum Gasteiger partial charge on any atom is 0.323 e. The number of alkyl halides is 1. The van der Waals surface area contributed by atoms with Crippen LogP contribution in [0.25, 0.3) is 11.0 Å². The SMILES string of the molecule is Cn1ncc2c(=O)n(CC(Cl)C(=O)O)nnc21. The molecule has 0 spiro atoms. The number of aliphatic carboxylic acids is 1. The molecule has 0 aliphatic carbocycles. The van der Waals surface area contributed by atoms with Crippen molar-refractivity contribution in [2.24, 2.45) is 7.05 Å². The molecule has 2 aromatic rings. The Hall–Kier alpha value is -1.96. The van der Waals surface area contributed by atoms with Crippen LogP contribution in [-0.2, 0) is 18.4 Å². The fourth-order valence-electron chi connectivity index (χ4n) is 1.33. The maximum atomic E-state index is 11.9. The summed E-state index contributed by atoms with van der Waals surface area (Å²) in [7, 11) is 1.63. The minimum atomic E-state index is -1.23. The third-order valence-electron chi connectivity index (χ3n) is 2.22. The predicted octanol–water partition coefficient (Wildman–Crippen LogP) is -0.783. The Morgan fingerprint density at radius 2 is 2.35 bits per heavy atom. The number of hydrogen-bond donors (Lipinski definition) is 1. The molecule has 0 saturated heterocycles. The molecule has 0 bridgehead atoms. The Kier molecular flexibility index (Phi) is 2.80. The standard InChI is InChI=1S/C8H8ClN5O3/c1-13-6-4(2-10-13)7(15)14(12-11-6)3-5(9)8(16)17/h2,5H,3H2,1H3,(H,16,17). The van der Waals surface area contributed by atoms with Crippen molar-refractivity contribution in [3.05, 3.63) is 16.6 Å². The van der Waals surface area contributed by atoms with Gasteiger partial charge >= 0.3 is 5.97 Å². The van der Waals surface area contributed by atoms with Gasteiger partial charge in [0.25, 0.3) is 5.56 Å². The van der Waals surface area contributed by atoms with E-state index in [1.165, 1.54) is 10.9 Å². The molecule has 0 fully saturated rings. The molecule has 0 aromatic carbocycles. The van der Waals surface area contributed by atoms with Gasteiger partial charge in [-0.05, 0) is 0 Å². The number of fused-ring (bicyclic) bond motifs is 1. The van der Waals surface area contributed by atoms with Gasteiger partial charge in [-0.3, -0.25) is 9.59 Å². The molecule has 90 valence electrons. The van der Waals surface area contributed by atoms with Crippen LogP contribution in [0.2, 0.25) is 0 Å². The van der Waals surface area contributed by atoms with Crippen LogP contribution in [-0.4, -0.2) is 41.2 Å². The van der Waals surface area contributed by atoms with E-state index in [4.69, 9.17) is 16.7 Å². The highest BCUT2D eigenvalue weighted by Gasteiger charge is 2.17. The van der Waals surface area contributed by atoms with E-state index in [1.807, 2.05) is 0 Å². The van der Waals surface area contributed by atoms with Crippen molar-refractivity contribution in [1.29, 1.82) is 0 Å². The van der Waals surface area contributed by atoms with E-state index in [2.05, 4.69) is 15.4 Å². The molecule has 1 unspecified atom stereocenters. The molecule has 2 aromatic heterocycles. The average molecular weight is 258 g/mol. The number of carboxylic acid groups (broad SMARTS) is 1. The van der Waals surface area contributed by atoms with Crippen molar-refractivity contribution >= 4 is 28.6 Å². The van der Waals surface area contributed by atoms with Crippen LogP contribution in [0.5, 0.6) is 0 Å². The van der Waals surface area contributed by atoms with Crippen LogP contribution in [0.3, 0.4) is 0 Å². The van der Waals surface area contributed by atoms with E-state index in [9.17, 15) is 9.59 Å². The lowest BCUT2D eigenvalue weighted by Crippen LogP contribution is -2.31. The molecule has 0 saturated carbocycles. The number of aromatic nitrogens is 5. The Morgan fingerprint density at radius 1 is 1.65 bits per heavy atom. The fourth-order valence-corrected chi connectivity index (χ4v) is 1.46. The molecule has 2 heterocycles. The first-order chi connectivity index (χ1) is 8.00. The maximum absolute atomic E-state index is 11.9. The lowest BCUT2D eigenvalue weighted by atomic mass is 10.4. The quantitative estimate of drug-likeness (QED) is 0.724. The van der Waals surface area contributed by atoms with Crippen molar-refractivity contribution in [3.63, 3.8) is 0 Å². The normalized spacial score (nSPS) is 12.8. The van der Waals surface area contributed by atoms with Gasteiger partial charge in [0, 0.05) is 7.05 Å². The zero-order chi connectivity index (χ0) is 12.6. The summed E-state index contributed by atoms with van der Waals surface area (Å²) in [6.07, 6.45) is 1.35. The van der Waals surface area contributed by atoms with Gasteiger partial charge in [-0.2, -0.15) is 5.10 Å². The minimum absolute atomic E-state index is 0.243. The van der Waals surface area contributed by atoms with Crippen LogP contribution >= 0.6 is 11.6 Å². The number of carbonyl (C=O) groups is 1. The molecule has 0 aliphatic heterocycles. The van der Waals surface area contributed by atoms with Crippen LogP contribution in [0.4, 0.5) is 0 Å². The monoisotopic (exact) mass is 257 g/mol. The Morgan fingerprint density at radius 3 is 3.00 bits per heavy atom. The highest BCUT2D eigenvalue weighted by molar-refractivity contribution is 6.29. The van der Waals surface area contributed by atoms with E-state index in [0.717, 1.165) is 4.68 Å². The second kappa shape index (κ2) is 4.13. The summed E-state index contributed by atoms with van der Waals surface area (Å²) in [5.74, 6) is -1.22. The summed E-state index contributed by atoms with van der Waals surface area (Å²) in [5.41, 5.74) is -0.123. The Labute approximate surface area is 99.4 Å². The average Bonchev–Trinajstić information content (AvgIpc) is 2.65. The first kappa shape index (κ1) is 11.5. The van der Waals surface area contributed by atoms with Gasteiger partial charge in [-0.15, -0.1) is 16.7 Å². The molecule has 1 N–H and O–H groups in total. The van der Waals surface area contributed by atoms with Crippen molar-refractivity contribution < 1.29 is 9.90 Å². The molecule has 8 nitrogen and oxygen atoms in total. The molecular formula is C8H8ClN5O3. The Balaban J connectivity index is 2.46. The predicted molar refractivity (Wildman–Crippen MR) is 57.8 cm³/mol. The summed E-state index contributed by atoms with van der Waals surface area (Å²) in [6, 6.07) is 0. The molecule has 2 rings (SSSR count). The number of hydrogen-bond acceptors (Lipinski definition) is 5. The summed E-state index contributed by atoms with van der Waals surface area (Å²) in [5, 5.41) is 18.9. The topological polar surface area (TPSA) is 103 Å². The van der Waals surface area contributed by atoms with E-state index >= 15 is 0 Å². The van der Waals surface area contributed by atoms with Gasteiger partial charge in [0.2, 0.25) is 0 Å². The van der Waals surface area contributed by atoms with Crippen molar-refractivity contribution in [2.45, 2.75) is 11.9 Å². The zero-order valence-corrected chi connectivity index (χ0v) is 9.50. The van der Waals surface area contributed by atoms with E-state index in [0.29, 0.717) is 5.65 Å². The number of rotatable bonds is 3. The van der Waals surface area contributed by atoms with Crippen LogP contribution in [0.1, 0.15) is 0 Å². The molecule has 1 atom stereocenters. The Bertz CT molecular complexity index is 634. The van der Waals surface area contributed by atoms with E-state index in [1.54, 1.807) is 7.05 Å². The first-order valence-electron chi connectivity index (χ1n) is 4.63. The van der Waals surface area contributed by atoms with Gasteiger partial charge < -0.3 is 5.11 Å². The van der Waals surface area contributed by atoms with E-state index < -0.39 is 16.9 Å². The summed E-state index contributed by atoms with van der Waals surface area (Å²) < 4.78 is 2.32.